The van der Waals surface area contributed by atoms with Gasteiger partial charge in [0.2, 0.25) is 47.3 Å². The summed E-state index contributed by atoms with van der Waals surface area (Å²) in [6, 6.07) is 2.78. The summed E-state index contributed by atoms with van der Waals surface area (Å²) in [5.74, 6) is -7.70. The Balaban J connectivity index is 1.49. The average molecular weight is 1020 g/mol. The van der Waals surface area contributed by atoms with Crippen molar-refractivity contribution in [3.63, 3.8) is 0 Å². The summed E-state index contributed by atoms with van der Waals surface area (Å²) < 4.78 is 0. The SMILES string of the molecule is CC(C)C[C@@H]1NC(=O)[C@H](CCCN=C(N)N)NC(=O)[C@@H](N)C/C=C\C[C@@H](C(=O)N[C@@H](CCCCN)C(=O)NCC(=O)N2CCC[C@H]2C(=O)N[C@@H](Cc2cccc3ccccc23)C(=O)O)NC(=O)[C@H](CO)NC1=O. The number of aliphatic carboxylic acids is 1. The number of likely N-dealkylation sites (tertiary alicyclic amines) is 1. The number of aliphatic hydroxyl groups is 1. The lowest BCUT2D eigenvalue weighted by molar-refractivity contribution is -0.144. The fourth-order valence-electron chi connectivity index (χ4n) is 8.50. The van der Waals surface area contributed by atoms with Crippen molar-refractivity contribution in [1.29, 1.82) is 0 Å². The second-order valence-corrected chi connectivity index (χ2v) is 18.6. The summed E-state index contributed by atoms with van der Waals surface area (Å²) in [5.41, 5.74) is 23.5. The Bertz CT molecular complexity index is 2320. The number of carbonyl (C=O) groups excluding carboxylic acids is 8. The predicted molar refractivity (Wildman–Crippen MR) is 270 cm³/mol. The molecule has 4 rings (SSSR count). The van der Waals surface area contributed by atoms with Gasteiger partial charge in [0.15, 0.2) is 5.96 Å². The maximum Gasteiger partial charge on any atom is 0.326 e. The van der Waals surface area contributed by atoms with Gasteiger partial charge in [0.25, 0.3) is 0 Å². The van der Waals surface area contributed by atoms with Gasteiger partial charge in [-0.05, 0) is 93.0 Å². The highest BCUT2D eigenvalue weighted by molar-refractivity contribution is 5.98. The molecule has 1 saturated heterocycles. The predicted octanol–water partition coefficient (Wildman–Crippen LogP) is -2.62. The molecule has 0 radical (unpaired) electrons. The maximum absolute atomic E-state index is 14.1. The van der Waals surface area contributed by atoms with Crippen molar-refractivity contribution in [3.8, 4) is 0 Å². The number of guanidine groups is 1. The van der Waals surface area contributed by atoms with Gasteiger partial charge in [-0.15, -0.1) is 0 Å². The topological polar surface area (TPSA) is 398 Å². The molecule has 2 aliphatic heterocycles. The number of rotatable bonds is 21. The molecule has 0 bridgehead atoms. The quantitative estimate of drug-likeness (QED) is 0.0264. The lowest BCUT2D eigenvalue weighted by Crippen LogP contribution is -2.60. The molecule has 0 aliphatic carbocycles. The number of benzene rings is 2. The van der Waals surface area contributed by atoms with Gasteiger partial charge in [-0.3, -0.25) is 43.3 Å². The standard InChI is InChI=1S/C49H73N13O11/c1-28(2)24-36-45(69)61-38(27-63)46(70)58-34(17-6-5-16-32(51)41(65)56-35(44(68)59-36)19-10-22-54-49(52)53)43(67)57-33(18-7-8-21-50)42(66)55-26-40(64)62-23-11-20-39(62)47(71)60-37(48(72)73)25-30-14-9-13-29-12-3-4-15-31(29)30/h3-6,9,12-15,28,32-39,63H,7-8,10-11,16-27,50-51H2,1-2H3,(H,55,66)(H,56,65)(H,57,67)(H,58,70)(H,59,68)(H,60,71)(H,61,69)(H,72,73)(H4,52,53,54)/b6-5-/t32-,33-,34-,35-,36-,37-,38-,39-/m0/s1. The maximum atomic E-state index is 14.1. The molecule has 2 aliphatic rings. The Labute approximate surface area is 424 Å². The van der Waals surface area contributed by atoms with Gasteiger partial charge in [-0.2, -0.15) is 0 Å². The first kappa shape index (κ1) is 58.4. The molecule has 400 valence electrons. The molecule has 2 aromatic carbocycles. The highest BCUT2D eigenvalue weighted by atomic mass is 16.4. The van der Waals surface area contributed by atoms with Crippen LogP contribution in [0.3, 0.4) is 0 Å². The first-order valence-corrected chi connectivity index (χ1v) is 24.7. The highest BCUT2D eigenvalue weighted by Gasteiger charge is 2.37. The number of hydrogen-bond donors (Lipinski definition) is 13. The van der Waals surface area contributed by atoms with Gasteiger partial charge < -0.3 is 75.3 Å². The third-order valence-electron chi connectivity index (χ3n) is 12.4. The van der Waals surface area contributed by atoms with E-state index in [2.05, 4.69) is 42.2 Å². The minimum absolute atomic E-state index is 0.00604. The monoisotopic (exact) mass is 1020 g/mol. The van der Waals surface area contributed by atoms with E-state index in [1.165, 1.54) is 17.1 Å². The van der Waals surface area contributed by atoms with Crippen molar-refractivity contribution in [1.82, 2.24) is 42.1 Å². The Kier molecular flexibility index (Phi) is 23.5. The Morgan fingerprint density at radius 3 is 2.16 bits per heavy atom. The Morgan fingerprint density at radius 1 is 0.808 bits per heavy atom. The van der Waals surface area contributed by atoms with E-state index in [0.29, 0.717) is 19.3 Å². The lowest BCUT2D eigenvalue weighted by Gasteiger charge is -2.27. The van der Waals surface area contributed by atoms with Crippen LogP contribution in [0.4, 0.5) is 0 Å². The normalized spacial score (nSPS) is 22.4. The summed E-state index contributed by atoms with van der Waals surface area (Å²) in [7, 11) is 0. The van der Waals surface area contributed by atoms with Gasteiger partial charge in [0.05, 0.1) is 19.2 Å². The van der Waals surface area contributed by atoms with Gasteiger partial charge in [-0.25, -0.2) is 4.79 Å². The number of nitrogens with one attached hydrogen (secondary N) is 7. The number of nitrogens with zero attached hydrogens (tertiary/aromatic N) is 2. The van der Waals surface area contributed by atoms with Crippen LogP contribution in [0.5, 0.6) is 0 Å². The number of carboxylic acid groups (broad SMARTS) is 1. The number of aliphatic imine (C=N–C) groups is 1. The minimum Gasteiger partial charge on any atom is -0.480 e. The van der Waals surface area contributed by atoms with Crippen molar-refractivity contribution >= 4 is 70.0 Å². The van der Waals surface area contributed by atoms with Gasteiger partial charge in [0.1, 0.15) is 42.3 Å². The molecular weight excluding hydrogens is 947 g/mol. The van der Waals surface area contributed by atoms with Gasteiger partial charge >= 0.3 is 5.97 Å². The number of hydrogen-bond acceptors (Lipinski definition) is 13. The molecule has 2 aromatic rings. The van der Waals surface area contributed by atoms with E-state index in [-0.39, 0.29) is 82.9 Å². The highest BCUT2D eigenvalue weighted by Crippen LogP contribution is 2.22. The molecule has 24 heteroatoms. The van der Waals surface area contributed by atoms with E-state index >= 15 is 0 Å². The number of nitrogens with two attached hydrogens (primary N) is 4. The molecule has 17 N–H and O–H groups in total. The van der Waals surface area contributed by atoms with Crippen LogP contribution in [0.25, 0.3) is 10.8 Å². The van der Waals surface area contributed by atoms with Crippen molar-refractivity contribution in [2.75, 3.05) is 32.8 Å². The van der Waals surface area contributed by atoms with E-state index in [9.17, 15) is 53.4 Å². The lowest BCUT2D eigenvalue weighted by atomic mass is 9.98. The van der Waals surface area contributed by atoms with Crippen LogP contribution in [-0.2, 0) is 49.6 Å². The van der Waals surface area contributed by atoms with Crippen LogP contribution < -0.4 is 60.2 Å². The second-order valence-electron chi connectivity index (χ2n) is 18.6. The Morgan fingerprint density at radius 2 is 1.47 bits per heavy atom. The molecule has 0 unspecified atom stereocenters. The van der Waals surface area contributed by atoms with E-state index in [4.69, 9.17) is 22.9 Å². The summed E-state index contributed by atoms with van der Waals surface area (Å²) in [6.07, 6.45) is 4.65. The van der Waals surface area contributed by atoms with Crippen molar-refractivity contribution < 1.29 is 53.4 Å². The number of fused-ring (bicyclic) bond motifs is 1. The minimum atomic E-state index is -1.61. The summed E-state index contributed by atoms with van der Waals surface area (Å²) >= 11 is 0. The van der Waals surface area contributed by atoms with Crippen molar-refractivity contribution in [2.45, 2.75) is 133 Å². The van der Waals surface area contributed by atoms with Crippen LogP contribution >= 0.6 is 0 Å². The molecular formula is C49H73N13O11. The first-order chi connectivity index (χ1) is 34.8. The van der Waals surface area contributed by atoms with Crippen LogP contribution in [0.1, 0.15) is 83.6 Å². The number of carboxylic acids is 1. The zero-order valence-electron chi connectivity index (χ0n) is 41.5. The number of carbonyl (C=O) groups is 9. The third kappa shape index (κ3) is 18.4. The van der Waals surface area contributed by atoms with Gasteiger partial charge in [0, 0.05) is 19.5 Å². The zero-order chi connectivity index (χ0) is 53.6. The van der Waals surface area contributed by atoms with Crippen LogP contribution in [0, 0.1) is 5.92 Å². The van der Waals surface area contributed by atoms with Crippen LogP contribution in [-0.4, -0.2) is 155 Å². The molecule has 0 saturated carbocycles. The number of amides is 8. The molecule has 24 nitrogen and oxygen atoms in total. The van der Waals surface area contributed by atoms with Crippen LogP contribution in [0.15, 0.2) is 59.6 Å². The van der Waals surface area contributed by atoms with Crippen LogP contribution in [0.2, 0.25) is 0 Å². The largest absolute Gasteiger partial charge is 0.480 e. The van der Waals surface area contributed by atoms with E-state index in [0.717, 1.165) is 16.3 Å². The van der Waals surface area contributed by atoms with Crippen molar-refractivity contribution in [2.24, 2.45) is 33.8 Å². The summed E-state index contributed by atoms with van der Waals surface area (Å²) in [5, 5.41) is 40.2. The first-order valence-electron chi connectivity index (χ1n) is 24.7. The molecule has 0 spiro atoms. The zero-order valence-corrected chi connectivity index (χ0v) is 41.5. The number of unbranched alkanes of at least 4 members (excludes halogenated alkanes) is 1. The number of aliphatic hydroxyl groups excluding tert-OH is 1. The van der Waals surface area contributed by atoms with Crippen molar-refractivity contribution in [3.05, 3.63) is 60.2 Å². The van der Waals surface area contributed by atoms with E-state index < -0.39 is 115 Å². The molecule has 8 amide bonds. The molecule has 0 aromatic heterocycles. The van der Waals surface area contributed by atoms with E-state index in [1.54, 1.807) is 26.0 Å². The second kappa shape index (κ2) is 29.4. The molecule has 1 fully saturated rings. The molecule has 73 heavy (non-hydrogen) atoms. The Hall–Kier alpha value is -7.18. The fourth-order valence-corrected chi connectivity index (χ4v) is 8.50. The van der Waals surface area contributed by atoms with Gasteiger partial charge in [-0.1, -0.05) is 68.5 Å². The molecule has 2 heterocycles. The van der Waals surface area contributed by atoms with E-state index in [1.807, 2.05) is 30.3 Å². The average Bonchev–Trinajstić information content (AvgIpc) is 3.86. The molecule has 8 atom stereocenters. The smallest absolute Gasteiger partial charge is 0.326 e. The summed E-state index contributed by atoms with van der Waals surface area (Å²) in [4.78, 5) is 127. The fraction of sp³-hybridized carbons (Fsp3) is 0.551. The third-order valence-corrected chi connectivity index (χ3v) is 12.4. The summed E-state index contributed by atoms with van der Waals surface area (Å²) in [6.45, 7) is 2.68.